The van der Waals surface area contributed by atoms with Crippen LogP contribution in [0, 0.1) is 0 Å². The predicted molar refractivity (Wildman–Crippen MR) is 80.9 cm³/mol. The van der Waals surface area contributed by atoms with E-state index >= 15 is 0 Å². The Balaban J connectivity index is 2.34. The maximum atomic E-state index is 12.1. The molecular weight excluding hydrogens is 276 g/mol. The Kier molecular flexibility index (Phi) is 7.18. The third-order valence-electron chi connectivity index (χ3n) is 3.19. The molecule has 20 heavy (non-hydrogen) atoms. The Labute approximate surface area is 122 Å². The van der Waals surface area contributed by atoms with Crippen molar-refractivity contribution >= 4 is 10.0 Å². The van der Waals surface area contributed by atoms with Crippen LogP contribution in [0.3, 0.4) is 0 Å². The first kappa shape index (κ1) is 17.1. The van der Waals surface area contributed by atoms with Gasteiger partial charge in [-0.3, -0.25) is 0 Å². The summed E-state index contributed by atoms with van der Waals surface area (Å²) in [6.45, 7) is 4.31. The lowest BCUT2D eigenvalue weighted by Crippen LogP contribution is -2.30. The molecule has 0 fully saturated rings. The fourth-order valence-corrected chi connectivity index (χ4v) is 3.03. The number of hydrogen-bond acceptors (Lipinski definition) is 4. The van der Waals surface area contributed by atoms with E-state index in [0.29, 0.717) is 13.0 Å². The molecule has 1 N–H and O–H groups in total. The van der Waals surface area contributed by atoms with Gasteiger partial charge in [-0.05, 0) is 32.4 Å². The van der Waals surface area contributed by atoms with Gasteiger partial charge in [0.25, 0.3) is 0 Å². The molecule has 0 radical (unpaired) electrons. The summed E-state index contributed by atoms with van der Waals surface area (Å²) < 4.78 is 27.5. The van der Waals surface area contributed by atoms with Gasteiger partial charge in [0, 0.05) is 26.5 Å². The molecule has 0 aliphatic heterocycles. The van der Waals surface area contributed by atoms with Gasteiger partial charge < -0.3 is 9.88 Å². The number of sulfonamides is 1. The maximum absolute atomic E-state index is 12.1. The molecule has 7 heteroatoms. The van der Waals surface area contributed by atoms with Gasteiger partial charge in [0.2, 0.25) is 10.0 Å². The zero-order valence-electron chi connectivity index (χ0n) is 12.7. The number of hydrogen-bond donors (Lipinski definition) is 1. The van der Waals surface area contributed by atoms with E-state index in [9.17, 15) is 8.42 Å². The van der Waals surface area contributed by atoms with Crippen LogP contribution in [0.4, 0.5) is 0 Å². The summed E-state index contributed by atoms with van der Waals surface area (Å²) >= 11 is 0. The van der Waals surface area contributed by atoms with Gasteiger partial charge in [-0.2, -0.15) is 4.31 Å². The Morgan fingerprint density at radius 3 is 2.70 bits per heavy atom. The van der Waals surface area contributed by atoms with E-state index in [4.69, 9.17) is 0 Å². The van der Waals surface area contributed by atoms with Gasteiger partial charge in [0.1, 0.15) is 5.82 Å². The number of aryl methyl sites for hydroxylation is 1. The van der Waals surface area contributed by atoms with Crippen molar-refractivity contribution in [2.24, 2.45) is 7.05 Å². The lowest BCUT2D eigenvalue weighted by atomic mass is 10.3. The molecule has 6 nitrogen and oxygen atoms in total. The van der Waals surface area contributed by atoms with E-state index in [-0.39, 0.29) is 5.75 Å². The lowest BCUT2D eigenvalue weighted by Gasteiger charge is -2.16. The first-order valence-corrected chi connectivity index (χ1v) is 8.69. The molecule has 0 spiro atoms. The van der Waals surface area contributed by atoms with E-state index in [1.54, 1.807) is 13.2 Å². The second-order valence-corrected chi connectivity index (χ2v) is 7.18. The van der Waals surface area contributed by atoms with E-state index in [1.165, 1.54) is 4.31 Å². The molecule has 0 aliphatic rings. The Morgan fingerprint density at radius 2 is 2.10 bits per heavy atom. The van der Waals surface area contributed by atoms with Gasteiger partial charge in [-0.25, -0.2) is 13.4 Å². The topological polar surface area (TPSA) is 67.2 Å². The van der Waals surface area contributed by atoms with Crippen LogP contribution >= 0.6 is 0 Å². The summed E-state index contributed by atoms with van der Waals surface area (Å²) in [5.41, 5.74) is 0. The summed E-state index contributed by atoms with van der Waals surface area (Å²) in [6.07, 6.45) is 6.16. The average molecular weight is 302 g/mol. The molecule has 0 amide bonds. The minimum Gasteiger partial charge on any atom is -0.337 e. The van der Waals surface area contributed by atoms with Crippen LogP contribution in [-0.2, 0) is 23.6 Å². The van der Waals surface area contributed by atoms with Crippen LogP contribution in [0.2, 0.25) is 0 Å². The van der Waals surface area contributed by atoms with E-state index in [2.05, 4.69) is 17.2 Å². The highest BCUT2D eigenvalue weighted by Gasteiger charge is 2.18. The van der Waals surface area contributed by atoms with Crippen molar-refractivity contribution in [3.8, 4) is 0 Å². The van der Waals surface area contributed by atoms with Crippen LogP contribution in [0.15, 0.2) is 12.4 Å². The molecule has 0 unspecified atom stereocenters. The molecular formula is C13H26N4O2S. The van der Waals surface area contributed by atoms with Crippen LogP contribution in [0.1, 0.15) is 32.0 Å². The summed E-state index contributed by atoms with van der Waals surface area (Å²) in [7, 11) is 0.280. The summed E-state index contributed by atoms with van der Waals surface area (Å²) in [5.74, 6) is 0.947. The molecule has 1 aromatic rings. The SMILES string of the molecule is CCCNCCCCS(=O)(=O)N(C)Cc1nccn1C. The van der Waals surface area contributed by atoms with Crippen LogP contribution in [-0.4, -0.2) is 48.2 Å². The smallest absolute Gasteiger partial charge is 0.214 e. The van der Waals surface area contributed by atoms with E-state index in [0.717, 1.165) is 31.8 Å². The van der Waals surface area contributed by atoms with Gasteiger partial charge in [0.05, 0.1) is 12.3 Å². The number of nitrogens with one attached hydrogen (secondary N) is 1. The molecule has 0 aliphatic carbocycles. The fraction of sp³-hybridized carbons (Fsp3) is 0.769. The van der Waals surface area contributed by atoms with Crippen LogP contribution < -0.4 is 5.32 Å². The average Bonchev–Trinajstić information content (AvgIpc) is 2.79. The molecule has 0 saturated heterocycles. The van der Waals surface area contributed by atoms with Gasteiger partial charge in [0.15, 0.2) is 0 Å². The molecule has 1 rings (SSSR count). The number of aromatic nitrogens is 2. The van der Waals surface area contributed by atoms with Crippen LogP contribution in [0.25, 0.3) is 0 Å². The fourth-order valence-electron chi connectivity index (χ4n) is 1.84. The molecule has 0 saturated carbocycles. The predicted octanol–water partition coefficient (Wildman–Crippen LogP) is 0.962. The summed E-state index contributed by atoms with van der Waals surface area (Å²) in [6, 6.07) is 0. The number of rotatable bonds is 10. The molecule has 0 bridgehead atoms. The Hall–Kier alpha value is -0.920. The van der Waals surface area contributed by atoms with Crippen molar-refractivity contribution in [3.05, 3.63) is 18.2 Å². The molecule has 1 aromatic heterocycles. The lowest BCUT2D eigenvalue weighted by molar-refractivity contribution is 0.449. The van der Waals surface area contributed by atoms with E-state index in [1.807, 2.05) is 17.8 Å². The second-order valence-electron chi connectivity index (χ2n) is 4.98. The van der Waals surface area contributed by atoms with Crippen LogP contribution in [0.5, 0.6) is 0 Å². The Bertz CT molecular complexity index is 484. The largest absolute Gasteiger partial charge is 0.337 e. The van der Waals surface area contributed by atoms with Crippen molar-refractivity contribution < 1.29 is 8.42 Å². The second kappa shape index (κ2) is 8.39. The van der Waals surface area contributed by atoms with Gasteiger partial charge in [-0.15, -0.1) is 0 Å². The normalized spacial score (nSPS) is 12.2. The monoisotopic (exact) mass is 302 g/mol. The molecule has 1 heterocycles. The Morgan fingerprint density at radius 1 is 1.35 bits per heavy atom. The van der Waals surface area contributed by atoms with Crippen molar-refractivity contribution in [1.82, 2.24) is 19.2 Å². The highest BCUT2D eigenvalue weighted by Crippen LogP contribution is 2.07. The van der Waals surface area contributed by atoms with E-state index < -0.39 is 10.0 Å². The molecule has 116 valence electrons. The minimum atomic E-state index is -3.19. The number of nitrogens with zero attached hydrogens (tertiary/aromatic N) is 3. The maximum Gasteiger partial charge on any atom is 0.214 e. The van der Waals surface area contributed by atoms with Crippen molar-refractivity contribution in [2.75, 3.05) is 25.9 Å². The van der Waals surface area contributed by atoms with Gasteiger partial charge >= 0.3 is 0 Å². The van der Waals surface area contributed by atoms with Crippen molar-refractivity contribution in [2.45, 2.75) is 32.7 Å². The third kappa shape index (κ3) is 5.60. The first-order valence-electron chi connectivity index (χ1n) is 7.08. The summed E-state index contributed by atoms with van der Waals surface area (Å²) in [5, 5.41) is 3.27. The standard InChI is InChI=1S/C13H26N4O2S/c1-4-7-14-8-5-6-11-20(18,19)17(3)12-13-15-9-10-16(13)2/h9-10,14H,4-8,11-12H2,1-3H3. The third-order valence-corrected chi connectivity index (χ3v) is 5.08. The van der Waals surface area contributed by atoms with Crippen molar-refractivity contribution in [3.63, 3.8) is 0 Å². The minimum absolute atomic E-state index is 0.196. The van der Waals surface area contributed by atoms with Crippen molar-refractivity contribution in [1.29, 1.82) is 0 Å². The highest BCUT2D eigenvalue weighted by molar-refractivity contribution is 7.89. The summed E-state index contributed by atoms with van der Waals surface area (Å²) in [4.78, 5) is 4.15. The highest BCUT2D eigenvalue weighted by atomic mass is 32.2. The molecule has 0 atom stereocenters. The quantitative estimate of drug-likeness (QED) is 0.654. The zero-order chi connectivity index (χ0) is 15.0. The zero-order valence-corrected chi connectivity index (χ0v) is 13.5. The first-order chi connectivity index (χ1) is 9.47. The number of unbranched alkanes of at least 4 members (excludes halogenated alkanes) is 1. The molecule has 0 aromatic carbocycles. The van der Waals surface area contributed by atoms with Gasteiger partial charge in [-0.1, -0.05) is 6.92 Å². The number of imidazole rings is 1.